The van der Waals surface area contributed by atoms with Crippen molar-refractivity contribution in [1.82, 2.24) is 15.4 Å². The maximum Gasteiger partial charge on any atom is 0.263 e. The summed E-state index contributed by atoms with van der Waals surface area (Å²) < 4.78 is 5.75. The lowest BCUT2D eigenvalue weighted by molar-refractivity contribution is 0.102. The second-order valence-electron chi connectivity index (χ2n) is 4.91. The van der Waals surface area contributed by atoms with Crippen molar-refractivity contribution in [3.8, 4) is 0 Å². The Balaban J connectivity index is 1.64. The molecule has 0 fully saturated rings. The third kappa shape index (κ3) is 3.77. The number of thioether (sulfide) groups is 1. The maximum absolute atomic E-state index is 12.3. The highest BCUT2D eigenvalue weighted by Crippen LogP contribution is 2.30. The van der Waals surface area contributed by atoms with Gasteiger partial charge in [-0.15, -0.1) is 10.2 Å². The summed E-state index contributed by atoms with van der Waals surface area (Å²) in [5.41, 5.74) is 2.00. The maximum atomic E-state index is 12.3. The van der Waals surface area contributed by atoms with Crippen LogP contribution in [0.25, 0.3) is 0 Å². The highest BCUT2D eigenvalue weighted by Gasteiger charge is 2.19. The monoisotopic (exact) mass is 380 g/mol. The molecule has 0 saturated heterocycles. The van der Waals surface area contributed by atoms with Gasteiger partial charge in [-0.1, -0.05) is 58.1 Å². The van der Waals surface area contributed by atoms with E-state index < -0.39 is 0 Å². The van der Waals surface area contributed by atoms with Crippen LogP contribution in [-0.4, -0.2) is 21.3 Å². The molecule has 0 radical (unpaired) electrons. The summed E-state index contributed by atoms with van der Waals surface area (Å²) in [5.74, 6) is 0.861. The second-order valence-corrected chi connectivity index (χ2v) is 7.51. The Bertz CT molecular complexity index is 858. The Hall–Kier alpha value is -1.90. The van der Waals surface area contributed by atoms with Crippen molar-refractivity contribution in [2.75, 3.05) is 5.32 Å². The molecule has 0 bridgehead atoms. The zero-order valence-corrected chi connectivity index (χ0v) is 15.3. The number of amides is 1. The number of aryl methyl sites for hydroxylation is 2. The molecule has 0 aliphatic rings. The van der Waals surface area contributed by atoms with Gasteiger partial charge in [0, 0.05) is 10.8 Å². The lowest BCUT2D eigenvalue weighted by Crippen LogP contribution is -2.13. The average Bonchev–Trinajstić information content (AvgIpc) is 3.13. The van der Waals surface area contributed by atoms with E-state index in [4.69, 9.17) is 16.1 Å². The van der Waals surface area contributed by atoms with Gasteiger partial charge in [-0.3, -0.25) is 10.1 Å². The summed E-state index contributed by atoms with van der Waals surface area (Å²) in [6, 6.07) is 7.66. The van der Waals surface area contributed by atoms with E-state index >= 15 is 0 Å². The number of rotatable bonds is 5. The van der Waals surface area contributed by atoms with Crippen LogP contribution >= 0.6 is 34.7 Å². The van der Waals surface area contributed by atoms with Crippen molar-refractivity contribution in [2.24, 2.45) is 0 Å². The lowest BCUT2D eigenvalue weighted by Gasteiger charge is -2.01. The van der Waals surface area contributed by atoms with Crippen LogP contribution in [0.1, 0.15) is 27.4 Å². The SMILES string of the molecule is Cc1noc(C)c1C(=O)Nc1nnc(SCc2ccccc2Cl)s1. The molecule has 2 aromatic heterocycles. The van der Waals surface area contributed by atoms with Crippen LogP contribution in [0.5, 0.6) is 0 Å². The minimum Gasteiger partial charge on any atom is -0.361 e. The average molecular weight is 381 g/mol. The fourth-order valence-corrected chi connectivity index (χ4v) is 4.07. The summed E-state index contributed by atoms with van der Waals surface area (Å²) >= 11 is 8.96. The van der Waals surface area contributed by atoms with Crippen LogP contribution in [0.4, 0.5) is 5.13 Å². The second kappa shape index (κ2) is 7.33. The van der Waals surface area contributed by atoms with E-state index in [1.165, 1.54) is 23.1 Å². The summed E-state index contributed by atoms with van der Waals surface area (Å²) in [7, 11) is 0. The predicted octanol–water partition coefficient (Wildman–Crippen LogP) is 4.34. The van der Waals surface area contributed by atoms with Crippen molar-refractivity contribution >= 4 is 45.7 Å². The molecule has 0 saturated carbocycles. The molecule has 0 atom stereocenters. The quantitative estimate of drug-likeness (QED) is 0.523. The number of hydrogen-bond donors (Lipinski definition) is 1. The zero-order valence-electron chi connectivity index (χ0n) is 12.9. The number of hydrogen-bond acceptors (Lipinski definition) is 7. The topological polar surface area (TPSA) is 80.9 Å². The summed E-state index contributed by atoms with van der Waals surface area (Å²) in [4.78, 5) is 12.3. The van der Waals surface area contributed by atoms with Gasteiger partial charge in [-0.05, 0) is 25.5 Å². The van der Waals surface area contributed by atoms with Crippen LogP contribution < -0.4 is 5.32 Å². The van der Waals surface area contributed by atoms with Gasteiger partial charge in [0.2, 0.25) is 5.13 Å². The highest BCUT2D eigenvalue weighted by atomic mass is 35.5. The van der Waals surface area contributed by atoms with Crippen molar-refractivity contribution in [2.45, 2.75) is 23.9 Å². The molecule has 6 nitrogen and oxygen atoms in total. The number of carbonyl (C=O) groups is 1. The largest absolute Gasteiger partial charge is 0.361 e. The van der Waals surface area contributed by atoms with E-state index in [0.717, 1.165) is 14.9 Å². The Morgan fingerprint density at radius 3 is 2.83 bits per heavy atom. The Morgan fingerprint density at radius 1 is 1.33 bits per heavy atom. The fourth-order valence-electron chi connectivity index (χ4n) is 2.04. The molecule has 3 aromatic rings. The Kier molecular flexibility index (Phi) is 5.17. The van der Waals surface area contributed by atoms with E-state index in [-0.39, 0.29) is 5.91 Å². The molecule has 1 amide bonds. The van der Waals surface area contributed by atoms with Crippen molar-refractivity contribution in [3.05, 3.63) is 51.9 Å². The first-order valence-corrected chi connectivity index (χ1v) is 9.16. The molecule has 0 aliphatic carbocycles. The van der Waals surface area contributed by atoms with Crippen molar-refractivity contribution in [3.63, 3.8) is 0 Å². The van der Waals surface area contributed by atoms with Crippen LogP contribution in [0, 0.1) is 13.8 Å². The van der Waals surface area contributed by atoms with Crippen molar-refractivity contribution in [1.29, 1.82) is 0 Å². The number of carbonyl (C=O) groups excluding carboxylic acids is 1. The number of anilines is 1. The molecular weight excluding hydrogens is 368 g/mol. The predicted molar refractivity (Wildman–Crippen MR) is 94.9 cm³/mol. The van der Waals surface area contributed by atoms with E-state index in [9.17, 15) is 4.79 Å². The van der Waals surface area contributed by atoms with Gasteiger partial charge in [0.05, 0.1) is 5.69 Å². The molecule has 0 aliphatic heterocycles. The van der Waals surface area contributed by atoms with Crippen molar-refractivity contribution < 1.29 is 9.32 Å². The van der Waals surface area contributed by atoms with Crippen LogP contribution in [0.2, 0.25) is 5.02 Å². The summed E-state index contributed by atoms with van der Waals surface area (Å²) in [6.45, 7) is 3.41. The van der Waals surface area contributed by atoms with Gasteiger partial charge < -0.3 is 4.52 Å². The van der Waals surface area contributed by atoms with Crippen LogP contribution in [0.3, 0.4) is 0 Å². The van der Waals surface area contributed by atoms with Gasteiger partial charge in [0.15, 0.2) is 4.34 Å². The molecular formula is C15H13ClN4O2S2. The van der Waals surface area contributed by atoms with E-state index in [0.29, 0.717) is 27.9 Å². The minimum atomic E-state index is -0.301. The van der Waals surface area contributed by atoms with Gasteiger partial charge >= 0.3 is 0 Å². The molecule has 24 heavy (non-hydrogen) atoms. The standard InChI is InChI=1S/C15H13ClN4O2S2/c1-8-12(9(2)22-20-8)13(21)17-14-18-19-15(24-14)23-7-10-5-3-4-6-11(10)16/h3-6H,7H2,1-2H3,(H,17,18,21). The van der Waals surface area contributed by atoms with E-state index in [1.807, 2.05) is 24.3 Å². The van der Waals surface area contributed by atoms with E-state index in [1.54, 1.807) is 13.8 Å². The molecule has 3 rings (SSSR count). The minimum absolute atomic E-state index is 0.301. The first-order valence-electron chi connectivity index (χ1n) is 6.98. The van der Waals surface area contributed by atoms with Gasteiger partial charge in [0.1, 0.15) is 11.3 Å². The molecule has 124 valence electrons. The Labute approximate surface area is 151 Å². The lowest BCUT2D eigenvalue weighted by atomic mass is 10.2. The number of nitrogens with one attached hydrogen (secondary N) is 1. The number of nitrogens with zero attached hydrogens (tertiary/aromatic N) is 3. The number of halogens is 1. The first kappa shape index (κ1) is 16.9. The number of benzene rings is 1. The van der Waals surface area contributed by atoms with Crippen LogP contribution in [0.15, 0.2) is 33.1 Å². The third-order valence-electron chi connectivity index (χ3n) is 3.20. The fraction of sp³-hybridized carbons (Fsp3) is 0.200. The van der Waals surface area contributed by atoms with Gasteiger partial charge in [-0.25, -0.2) is 0 Å². The zero-order chi connectivity index (χ0) is 17.1. The molecule has 0 unspecified atom stereocenters. The van der Waals surface area contributed by atoms with E-state index in [2.05, 4.69) is 20.7 Å². The molecule has 2 heterocycles. The van der Waals surface area contributed by atoms with Crippen LogP contribution in [-0.2, 0) is 5.75 Å². The van der Waals surface area contributed by atoms with Gasteiger partial charge in [-0.2, -0.15) is 0 Å². The highest BCUT2D eigenvalue weighted by molar-refractivity contribution is 8.00. The molecule has 0 spiro atoms. The summed E-state index contributed by atoms with van der Waals surface area (Å²) in [6.07, 6.45) is 0. The van der Waals surface area contributed by atoms with Gasteiger partial charge in [0.25, 0.3) is 5.91 Å². The number of aromatic nitrogens is 3. The first-order chi connectivity index (χ1) is 11.5. The Morgan fingerprint density at radius 2 is 2.12 bits per heavy atom. The smallest absolute Gasteiger partial charge is 0.263 e. The molecule has 1 aromatic carbocycles. The molecule has 9 heteroatoms. The third-order valence-corrected chi connectivity index (χ3v) is 5.59. The molecule has 1 N–H and O–H groups in total. The normalized spacial score (nSPS) is 10.8. The summed E-state index contributed by atoms with van der Waals surface area (Å²) in [5, 5.41) is 15.7.